The van der Waals surface area contributed by atoms with Gasteiger partial charge in [0, 0.05) is 23.5 Å². The molecule has 1 amide bonds. The Morgan fingerprint density at radius 2 is 1.72 bits per heavy atom. The van der Waals surface area contributed by atoms with E-state index >= 15 is 0 Å². The van der Waals surface area contributed by atoms with Gasteiger partial charge in [-0.25, -0.2) is 4.99 Å². The molecular weight excluding hydrogens is 458 g/mol. The van der Waals surface area contributed by atoms with Crippen molar-refractivity contribution in [2.45, 2.75) is 11.3 Å². The van der Waals surface area contributed by atoms with Crippen molar-refractivity contribution in [3.8, 4) is 0 Å². The van der Waals surface area contributed by atoms with Gasteiger partial charge in [-0.3, -0.25) is 9.69 Å². The molecule has 0 radical (unpaired) electrons. The van der Waals surface area contributed by atoms with Crippen LogP contribution >= 0.6 is 35.1 Å². The van der Waals surface area contributed by atoms with E-state index in [-0.39, 0.29) is 5.91 Å². The largest absolute Gasteiger partial charge is 0.337 e. The molecule has 4 nitrogen and oxygen atoms in total. The number of rotatable bonds is 4. The Labute approximate surface area is 201 Å². The lowest BCUT2D eigenvalue weighted by molar-refractivity contribution is -0.122. The summed E-state index contributed by atoms with van der Waals surface area (Å²) in [5.41, 5.74) is 3.04. The van der Waals surface area contributed by atoms with Crippen LogP contribution in [0.3, 0.4) is 0 Å². The summed E-state index contributed by atoms with van der Waals surface area (Å²) in [4.78, 5) is 24.1. The second kappa shape index (κ2) is 9.06. The zero-order valence-corrected chi connectivity index (χ0v) is 19.8. The van der Waals surface area contributed by atoms with Crippen LogP contribution in [-0.4, -0.2) is 29.6 Å². The molecule has 1 saturated heterocycles. The molecule has 0 saturated carbocycles. The zero-order valence-electron chi connectivity index (χ0n) is 17.4. The number of fused-ring (bicyclic) bond motifs is 1. The topological polar surface area (TPSA) is 35.9 Å². The standard InChI is InChI=1S/C25H20ClN3OS2/c1-28-20-12-5-6-13-21(20)31-24(28)22-23(30)29(15-14-17-8-3-2-4-9-17)25(32-22)27-19-11-7-10-18(26)16-19/h2-13,16H,14-15H2,1H3/b24-22-,27-25?. The quantitative estimate of drug-likeness (QED) is 0.399. The molecule has 0 spiro atoms. The van der Waals surface area contributed by atoms with Crippen LogP contribution in [0, 0.1) is 0 Å². The molecule has 3 aromatic carbocycles. The molecule has 0 aromatic heterocycles. The number of halogens is 1. The fourth-order valence-electron chi connectivity index (χ4n) is 3.66. The molecule has 2 heterocycles. The summed E-state index contributed by atoms with van der Waals surface area (Å²) in [6.45, 7) is 0.563. The monoisotopic (exact) mass is 477 g/mol. The van der Waals surface area contributed by atoms with Gasteiger partial charge in [-0.15, -0.1) is 0 Å². The van der Waals surface area contributed by atoms with Gasteiger partial charge in [-0.2, -0.15) is 0 Å². The van der Waals surface area contributed by atoms with Crippen LogP contribution in [-0.2, 0) is 11.2 Å². The van der Waals surface area contributed by atoms with E-state index in [2.05, 4.69) is 29.2 Å². The molecule has 0 unspecified atom stereocenters. The number of aliphatic imine (C=N–C) groups is 1. The molecule has 0 bridgehead atoms. The number of amidine groups is 1. The summed E-state index contributed by atoms with van der Waals surface area (Å²) >= 11 is 9.23. The van der Waals surface area contributed by atoms with Crippen molar-refractivity contribution in [3.05, 3.63) is 99.4 Å². The average molecular weight is 478 g/mol. The molecule has 0 aliphatic carbocycles. The van der Waals surface area contributed by atoms with Crippen LogP contribution in [0.5, 0.6) is 0 Å². The normalized spacial score (nSPS) is 19.2. The van der Waals surface area contributed by atoms with E-state index in [9.17, 15) is 4.79 Å². The maximum absolute atomic E-state index is 13.6. The number of anilines is 1. The first-order chi connectivity index (χ1) is 15.6. The number of carbonyl (C=O) groups is 1. The number of thioether (sulfide) groups is 2. The molecular formula is C25H20ClN3OS2. The fourth-order valence-corrected chi connectivity index (χ4v) is 6.21. The molecule has 3 aromatic rings. The summed E-state index contributed by atoms with van der Waals surface area (Å²) in [5, 5.41) is 2.25. The first-order valence-electron chi connectivity index (χ1n) is 10.2. The van der Waals surface area contributed by atoms with Gasteiger partial charge in [0.25, 0.3) is 5.91 Å². The second-order valence-electron chi connectivity index (χ2n) is 7.43. The van der Waals surface area contributed by atoms with Gasteiger partial charge >= 0.3 is 0 Å². The zero-order chi connectivity index (χ0) is 22.1. The molecule has 0 atom stereocenters. The molecule has 2 aliphatic heterocycles. The van der Waals surface area contributed by atoms with E-state index in [4.69, 9.17) is 16.6 Å². The highest BCUT2D eigenvalue weighted by Crippen LogP contribution is 2.50. The molecule has 160 valence electrons. The van der Waals surface area contributed by atoms with Gasteiger partial charge in [0.2, 0.25) is 0 Å². The number of nitrogens with zero attached hydrogens (tertiary/aromatic N) is 3. The van der Waals surface area contributed by atoms with Crippen LogP contribution in [0.4, 0.5) is 11.4 Å². The molecule has 32 heavy (non-hydrogen) atoms. The second-order valence-corrected chi connectivity index (χ2v) is 9.88. The third-order valence-electron chi connectivity index (χ3n) is 5.30. The third-order valence-corrected chi connectivity index (χ3v) is 7.96. The van der Waals surface area contributed by atoms with Crippen molar-refractivity contribution >= 4 is 57.6 Å². The van der Waals surface area contributed by atoms with E-state index < -0.39 is 0 Å². The Bertz CT molecular complexity index is 1240. The smallest absolute Gasteiger partial charge is 0.269 e. The van der Waals surface area contributed by atoms with E-state index in [1.54, 1.807) is 16.7 Å². The lowest BCUT2D eigenvalue weighted by atomic mass is 10.1. The average Bonchev–Trinajstić information content (AvgIpc) is 3.29. The van der Waals surface area contributed by atoms with Gasteiger partial charge in [0.05, 0.1) is 16.4 Å². The minimum absolute atomic E-state index is 0.00568. The number of carbonyl (C=O) groups excluding carboxylic acids is 1. The van der Waals surface area contributed by atoms with Crippen LogP contribution in [0.1, 0.15) is 5.56 Å². The Kier molecular flexibility index (Phi) is 6.00. The summed E-state index contributed by atoms with van der Waals surface area (Å²) in [6, 6.07) is 25.8. The molecule has 2 aliphatic rings. The van der Waals surface area contributed by atoms with Crippen molar-refractivity contribution in [3.63, 3.8) is 0 Å². The number of para-hydroxylation sites is 1. The first-order valence-corrected chi connectivity index (χ1v) is 12.2. The molecule has 0 N–H and O–H groups in total. The Morgan fingerprint density at radius 1 is 0.938 bits per heavy atom. The molecule has 5 rings (SSSR count). The highest BCUT2D eigenvalue weighted by molar-refractivity contribution is 8.19. The third kappa shape index (κ3) is 4.18. The van der Waals surface area contributed by atoms with Gasteiger partial charge in [-0.1, -0.05) is 71.9 Å². The van der Waals surface area contributed by atoms with Crippen molar-refractivity contribution in [2.24, 2.45) is 4.99 Å². The number of hydrogen-bond donors (Lipinski definition) is 0. The Morgan fingerprint density at radius 3 is 2.50 bits per heavy atom. The van der Waals surface area contributed by atoms with Crippen LogP contribution in [0.15, 0.2) is 98.7 Å². The highest BCUT2D eigenvalue weighted by atomic mass is 35.5. The van der Waals surface area contributed by atoms with Gasteiger partial charge in [0.15, 0.2) is 5.17 Å². The predicted octanol–water partition coefficient (Wildman–Crippen LogP) is 6.56. The van der Waals surface area contributed by atoms with Gasteiger partial charge in [0.1, 0.15) is 4.91 Å². The maximum atomic E-state index is 13.6. The summed E-state index contributed by atoms with van der Waals surface area (Å²) in [6.07, 6.45) is 0.757. The highest BCUT2D eigenvalue weighted by Gasteiger charge is 2.38. The summed E-state index contributed by atoms with van der Waals surface area (Å²) in [5.74, 6) is -0.00568. The van der Waals surface area contributed by atoms with E-state index in [0.29, 0.717) is 21.6 Å². The van der Waals surface area contributed by atoms with Crippen molar-refractivity contribution in [1.29, 1.82) is 0 Å². The van der Waals surface area contributed by atoms with Crippen LogP contribution in [0.2, 0.25) is 5.02 Å². The number of amides is 1. The fraction of sp³-hybridized carbons (Fsp3) is 0.120. The summed E-state index contributed by atoms with van der Waals surface area (Å²) < 4.78 is 0. The number of benzene rings is 3. The predicted molar refractivity (Wildman–Crippen MR) is 136 cm³/mol. The minimum Gasteiger partial charge on any atom is -0.337 e. The Balaban J connectivity index is 1.50. The SMILES string of the molecule is CN1/C(=C2/SC(=Nc3cccc(Cl)c3)N(CCc3ccccc3)C2=O)Sc2ccccc21. The maximum Gasteiger partial charge on any atom is 0.269 e. The van der Waals surface area contributed by atoms with Crippen molar-refractivity contribution in [1.82, 2.24) is 4.90 Å². The van der Waals surface area contributed by atoms with E-state index in [1.165, 1.54) is 17.3 Å². The van der Waals surface area contributed by atoms with Crippen molar-refractivity contribution in [2.75, 3.05) is 18.5 Å². The van der Waals surface area contributed by atoms with E-state index in [1.807, 2.05) is 61.6 Å². The minimum atomic E-state index is -0.00568. The van der Waals surface area contributed by atoms with E-state index in [0.717, 1.165) is 27.7 Å². The molecule has 1 fully saturated rings. The van der Waals surface area contributed by atoms with Crippen molar-refractivity contribution < 1.29 is 4.79 Å². The number of hydrogen-bond acceptors (Lipinski definition) is 5. The summed E-state index contributed by atoms with van der Waals surface area (Å²) in [7, 11) is 2.01. The van der Waals surface area contributed by atoms with Gasteiger partial charge in [-0.05, 0) is 54.1 Å². The first kappa shape index (κ1) is 21.2. The Hall–Kier alpha value is -2.67. The van der Waals surface area contributed by atoms with Crippen LogP contribution < -0.4 is 4.90 Å². The lowest BCUT2D eigenvalue weighted by Crippen LogP contribution is -2.31. The van der Waals surface area contributed by atoms with Crippen LogP contribution in [0.25, 0.3) is 0 Å². The molecule has 7 heteroatoms. The van der Waals surface area contributed by atoms with Gasteiger partial charge < -0.3 is 4.90 Å². The lowest BCUT2D eigenvalue weighted by Gasteiger charge is -2.16.